The van der Waals surface area contributed by atoms with Crippen LogP contribution in [-0.2, 0) is 6.61 Å². The van der Waals surface area contributed by atoms with Crippen molar-refractivity contribution in [1.29, 1.82) is 0 Å². The summed E-state index contributed by atoms with van der Waals surface area (Å²) in [6.45, 7) is 0.652. The fourth-order valence-corrected chi connectivity index (χ4v) is 3.76. The summed E-state index contributed by atoms with van der Waals surface area (Å²) in [5, 5.41) is 3.11. The molecule has 0 amide bonds. The maximum absolute atomic E-state index is 5.93. The predicted molar refractivity (Wildman–Crippen MR) is 88.3 cm³/mol. The molecular weight excluding hydrogens is 388 g/mol. The summed E-state index contributed by atoms with van der Waals surface area (Å²) in [6.07, 6.45) is 3.31. The maximum atomic E-state index is 5.93. The van der Waals surface area contributed by atoms with E-state index in [-0.39, 0.29) is 0 Å². The van der Waals surface area contributed by atoms with Gasteiger partial charge in [0, 0.05) is 25.8 Å². The van der Waals surface area contributed by atoms with Gasteiger partial charge in [-0.15, -0.1) is 11.3 Å². The van der Waals surface area contributed by atoms with Crippen LogP contribution >= 0.6 is 43.2 Å². The molecule has 0 aliphatic carbocycles. The highest BCUT2D eigenvalue weighted by atomic mass is 79.9. The Hall–Kier alpha value is -0.580. The number of hydrogen-bond acceptors (Lipinski definition) is 2. The van der Waals surface area contributed by atoms with E-state index in [0.29, 0.717) is 6.61 Å². The summed E-state index contributed by atoms with van der Waals surface area (Å²) >= 11 is 8.84. The summed E-state index contributed by atoms with van der Waals surface area (Å²) in [7, 11) is 0. The van der Waals surface area contributed by atoms with Gasteiger partial charge in [-0.25, -0.2) is 0 Å². The number of allylic oxidation sites excluding steroid dienone is 1. The van der Waals surface area contributed by atoms with Gasteiger partial charge in [-0.1, -0.05) is 37.9 Å². The van der Waals surface area contributed by atoms with E-state index in [0.717, 1.165) is 22.0 Å². The van der Waals surface area contributed by atoms with Gasteiger partial charge >= 0.3 is 0 Å². The van der Waals surface area contributed by atoms with E-state index in [2.05, 4.69) is 55.4 Å². The number of alkyl halides is 1. The Morgan fingerprint density at radius 2 is 2.21 bits per heavy atom. The van der Waals surface area contributed by atoms with Crippen LogP contribution in [0.1, 0.15) is 22.4 Å². The van der Waals surface area contributed by atoms with E-state index in [4.69, 9.17) is 4.74 Å². The summed E-state index contributed by atoms with van der Waals surface area (Å²) in [5.74, 6) is 0.965. The lowest BCUT2D eigenvalue weighted by Crippen LogP contribution is -1.93. The molecule has 4 heteroatoms. The maximum Gasteiger partial charge on any atom is 0.127 e. The van der Waals surface area contributed by atoms with Crippen LogP contribution in [0.15, 0.2) is 40.2 Å². The molecule has 0 N–H and O–H groups in total. The zero-order chi connectivity index (χ0) is 13.2. The Labute approximate surface area is 133 Å². The molecule has 1 aliphatic rings. The lowest BCUT2D eigenvalue weighted by molar-refractivity contribution is 0.307. The smallest absolute Gasteiger partial charge is 0.127 e. The van der Waals surface area contributed by atoms with E-state index in [1.54, 1.807) is 11.3 Å². The molecule has 0 radical (unpaired) electrons. The summed E-state index contributed by atoms with van der Waals surface area (Å²) < 4.78 is 7.01. The second-order valence-corrected chi connectivity index (χ2v) is 6.92. The van der Waals surface area contributed by atoms with Gasteiger partial charge in [0.1, 0.15) is 12.4 Å². The minimum absolute atomic E-state index is 0.652. The normalized spacial score (nSPS) is 15.6. The molecule has 1 aromatic heterocycles. The van der Waals surface area contributed by atoms with Crippen LogP contribution in [0.3, 0.4) is 0 Å². The highest BCUT2D eigenvalue weighted by molar-refractivity contribution is 9.10. The van der Waals surface area contributed by atoms with Crippen LogP contribution < -0.4 is 4.74 Å². The first-order valence-electron chi connectivity index (χ1n) is 6.05. The van der Waals surface area contributed by atoms with Crippen LogP contribution in [0.25, 0.3) is 5.57 Å². The molecular formula is C15H12Br2OS. The number of fused-ring (bicyclic) bond motifs is 2. The van der Waals surface area contributed by atoms with Gasteiger partial charge in [0.05, 0.1) is 0 Å². The van der Waals surface area contributed by atoms with Crippen molar-refractivity contribution < 1.29 is 4.74 Å². The average Bonchev–Trinajstić information content (AvgIpc) is 2.82. The fourth-order valence-electron chi connectivity index (χ4n) is 2.20. The molecule has 1 nitrogen and oxygen atoms in total. The van der Waals surface area contributed by atoms with Crippen LogP contribution in [0.2, 0.25) is 0 Å². The Bertz CT molecular complexity index is 631. The third-order valence-electron chi connectivity index (χ3n) is 3.06. The zero-order valence-corrected chi connectivity index (χ0v) is 14.1. The van der Waals surface area contributed by atoms with Gasteiger partial charge in [-0.2, -0.15) is 0 Å². The van der Waals surface area contributed by atoms with Crippen LogP contribution in [-0.4, -0.2) is 5.33 Å². The van der Waals surface area contributed by atoms with Gasteiger partial charge < -0.3 is 4.74 Å². The third-order valence-corrected chi connectivity index (χ3v) is 5.00. The molecule has 0 fully saturated rings. The highest BCUT2D eigenvalue weighted by Gasteiger charge is 2.20. The van der Waals surface area contributed by atoms with Crippen LogP contribution in [0, 0.1) is 0 Å². The molecule has 2 heterocycles. The minimum atomic E-state index is 0.652. The standard InChI is InChI=1S/C15H12Br2OS/c16-6-1-2-12-13-8-11(17)3-4-14(13)18-9-10-5-7-19-15(10)12/h2-5,7-8H,1,6,9H2. The van der Waals surface area contributed by atoms with Gasteiger partial charge in [0.25, 0.3) is 0 Å². The van der Waals surface area contributed by atoms with Gasteiger partial charge in [-0.3, -0.25) is 0 Å². The predicted octanol–water partition coefficient (Wildman–Crippen LogP) is 5.62. The molecule has 0 unspecified atom stereocenters. The molecule has 1 aliphatic heterocycles. The first-order chi connectivity index (χ1) is 9.29. The van der Waals surface area contributed by atoms with E-state index < -0.39 is 0 Å². The SMILES string of the molecule is BrCCC=C1c2cc(Br)ccc2OCc2ccsc21. The average molecular weight is 400 g/mol. The van der Waals surface area contributed by atoms with Gasteiger partial charge in [0.15, 0.2) is 0 Å². The van der Waals surface area contributed by atoms with E-state index >= 15 is 0 Å². The lowest BCUT2D eigenvalue weighted by atomic mass is 10.0. The van der Waals surface area contributed by atoms with Crippen LogP contribution in [0.5, 0.6) is 5.75 Å². The van der Waals surface area contributed by atoms with Crippen molar-refractivity contribution in [2.75, 3.05) is 5.33 Å². The Balaban J connectivity index is 2.19. The monoisotopic (exact) mass is 398 g/mol. The molecule has 0 bridgehead atoms. The van der Waals surface area contributed by atoms with E-state index in [9.17, 15) is 0 Å². The zero-order valence-electron chi connectivity index (χ0n) is 10.2. The van der Waals surface area contributed by atoms with E-state index in [1.165, 1.54) is 21.6 Å². The molecule has 0 spiro atoms. The second kappa shape index (κ2) is 5.81. The molecule has 0 saturated heterocycles. The number of hydrogen-bond donors (Lipinski definition) is 0. The molecule has 0 atom stereocenters. The van der Waals surface area contributed by atoms with Crippen molar-refractivity contribution in [3.05, 3.63) is 56.2 Å². The first-order valence-corrected chi connectivity index (χ1v) is 8.84. The topological polar surface area (TPSA) is 9.23 Å². The number of thiophene rings is 1. The summed E-state index contributed by atoms with van der Waals surface area (Å²) in [6, 6.07) is 8.37. The molecule has 98 valence electrons. The van der Waals surface area contributed by atoms with Crippen LogP contribution in [0.4, 0.5) is 0 Å². The third kappa shape index (κ3) is 2.67. The van der Waals surface area contributed by atoms with Crippen molar-refractivity contribution in [2.24, 2.45) is 0 Å². The Morgan fingerprint density at radius 3 is 3.05 bits per heavy atom. The summed E-state index contributed by atoms with van der Waals surface area (Å²) in [5.41, 5.74) is 3.74. The van der Waals surface area contributed by atoms with Gasteiger partial charge in [-0.05, 0) is 41.6 Å². The van der Waals surface area contributed by atoms with Gasteiger partial charge in [0.2, 0.25) is 0 Å². The number of halogens is 2. The molecule has 2 aromatic rings. The molecule has 0 saturated carbocycles. The number of rotatable bonds is 2. The van der Waals surface area contributed by atoms with Crippen molar-refractivity contribution >= 4 is 48.8 Å². The molecule has 19 heavy (non-hydrogen) atoms. The lowest BCUT2D eigenvalue weighted by Gasteiger charge is -2.09. The first kappa shape index (κ1) is 13.4. The van der Waals surface area contributed by atoms with Crippen molar-refractivity contribution in [3.63, 3.8) is 0 Å². The number of ether oxygens (including phenoxy) is 1. The number of benzene rings is 1. The largest absolute Gasteiger partial charge is 0.488 e. The second-order valence-electron chi connectivity index (χ2n) is 4.30. The highest BCUT2D eigenvalue weighted by Crippen LogP contribution is 2.40. The van der Waals surface area contributed by atoms with Crippen molar-refractivity contribution in [2.45, 2.75) is 13.0 Å². The van der Waals surface area contributed by atoms with E-state index in [1.807, 2.05) is 12.1 Å². The summed E-state index contributed by atoms with van der Waals surface area (Å²) in [4.78, 5) is 1.33. The Morgan fingerprint density at radius 1 is 1.32 bits per heavy atom. The molecule has 3 rings (SSSR count). The van der Waals surface area contributed by atoms with Crippen molar-refractivity contribution in [3.8, 4) is 5.75 Å². The quantitative estimate of drug-likeness (QED) is 0.595. The molecule has 1 aromatic carbocycles. The fraction of sp³-hybridized carbons (Fsp3) is 0.200. The minimum Gasteiger partial charge on any atom is -0.488 e. The van der Waals surface area contributed by atoms with Crippen molar-refractivity contribution in [1.82, 2.24) is 0 Å². The Kier molecular flexibility index (Phi) is 4.10.